The van der Waals surface area contributed by atoms with Gasteiger partial charge in [0, 0.05) is 51.2 Å². The second-order valence-electron chi connectivity index (χ2n) is 8.61. The maximum Gasteiger partial charge on any atom is 0.243 e. The Morgan fingerprint density at radius 3 is 2.07 bits per heavy atom. The summed E-state index contributed by atoms with van der Waals surface area (Å²) >= 11 is 0. The minimum atomic E-state index is -3.59. The molecule has 162 valence electrons. The van der Waals surface area contributed by atoms with Gasteiger partial charge < -0.3 is 4.90 Å². The molecule has 0 bridgehead atoms. The van der Waals surface area contributed by atoms with Crippen molar-refractivity contribution >= 4 is 15.9 Å². The quantitative estimate of drug-likeness (QED) is 0.730. The molecule has 2 saturated heterocycles. The van der Waals surface area contributed by atoms with Crippen LogP contribution in [0.15, 0.2) is 29.2 Å². The third-order valence-corrected chi connectivity index (χ3v) is 8.80. The number of hydrogen-bond donors (Lipinski definition) is 0. The van der Waals surface area contributed by atoms with Crippen LogP contribution in [0.3, 0.4) is 0 Å². The molecule has 0 atom stereocenters. The van der Waals surface area contributed by atoms with Crippen LogP contribution >= 0.6 is 0 Å². The summed E-state index contributed by atoms with van der Waals surface area (Å²) in [6.07, 6.45) is 6.37. The van der Waals surface area contributed by atoms with E-state index < -0.39 is 10.0 Å². The van der Waals surface area contributed by atoms with Crippen molar-refractivity contribution in [3.8, 4) is 6.07 Å². The van der Waals surface area contributed by atoms with Crippen molar-refractivity contribution < 1.29 is 13.2 Å². The summed E-state index contributed by atoms with van der Waals surface area (Å²) in [5.41, 5.74) is 0.436. The van der Waals surface area contributed by atoms with Crippen LogP contribution < -0.4 is 0 Å². The number of hydrogen-bond acceptors (Lipinski definition) is 5. The monoisotopic (exact) mass is 430 g/mol. The molecule has 3 aliphatic rings. The largest absolute Gasteiger partial charge is 0.340 e. The number of carbonyl (C=O) groups excluding carboxylic acids is 1. The average molecular weight is 431 g/mol. The lowest BCUT2D eigenvalue weighted by Crippen LogP contribution is -2.53. The van der Waals surface area contributed by atoms with Gasteiger partial charge in [0.1, 0.15) is 0 Å². The molecule has 30 heavy (non-hydrogen) atoms. The van der Waals surface area contributed by atoms with E-state index in [0.29, 0.717) is 37.5 Å². The molecule has 4 rings (SSSR count). The van der Waals surface area contributed by atoms with Crippen LogP contribution in [0, 0.1) is 17.2 Å². The zero-order valence-electron chi connectivity index (χ0n) is 17.4. The minimum absolute atomic E-state index is 0.0876. The summed E-state index contributed by atoms with van der Waals surface area (Å²) in [6.45, 7) is 4.23. The van der Waals surface area contributed by atoms with E-state index in [4.69, 9.17) is 5.26 Å². The summed E-state index contributed by atoms with van der Waals surface area (Å²) < 4.78 is 27.2. The normalized spacial score (nSPS) is 22.8. The van der Waals surface area contributed by atoms with Crippen LogP contribution in [0.5, 0.6) is 0 Å². The average Bonchev–Trinajstić information content (AvgIpc) is 3.34. The maximum atomic E-state index is 13.0. The van der Waals surface area contributed by atoms with E-state index in [1.807, 2.05) is 11.0 Å². The van der Waals surface area contributed by atoms with Crippen molar-refractivity contribution in [3.63, 3.8) is 0 Å². The van der Waals surface area contributed by atoms with Crippen LogP contribution in [0.4, 0.5) is 0 Å². The molecule has 8 heteroatoms. The summed E-state index contributed by atoms with van der Waals surface area (Å²) in [5.74, 6) is 0.104. The predicted octanol–water partition coefficient (Wildman–Crippen LogP) is 2.05. The Balaban J connectivity index is 1.29. The highest BCUT2D eigenvalue weighted by Crippen LogP contribution is 2.27. The Labute approximate surface area is 179 Å². The standard InChI is InChI=1S/C22H30N4O3S/c23-17-18-5-7-21(8-6-18)30(28,29)26-11-9-19(10-12-26)22(27)25-15-13-24(14-16-25)20-3-1-2-4-20/h5-8,19-20H,1-4,9-16H2. The first kappa shape index (κ1) is 21.3. The minimum Gasteiger partial charge on any atom is -0.340 e. The zero-order valence-corrected chi connectivity index (χ0v) is 18.2. The third kappa shape index (κ3) is 4.39. The molecule has 1 saturated carbocycles. The van der Waals surface area contributed by atoms with Gasteiger partial charge >= 0.3 is 0 Å². The van der Waals surface area contributed by atoms with Gasteiger partial charge in [-0.3, -0.25) is 9.69 Å². The molecule has 2 aliphatic heterocycles. The first-order valence-electron chi connectivity index (χ1n) is 11.0. The number of carbonyl (C=O) groups is 1. The van der Waals surface area contributed by atoms with Gasteiger partial charge in [0.25, 0.3) is 0 Å². The van der Waals surface area contributed by atoms with E-state index in [0.717, 1.165) is 26.2 Å². The summed E-state index contributed by atoms with van der Waals surface area (Å²) in [6, 6.07) is 8.71. The van der Waals surface area contributed by atoms with E-state index in [2.05, 4.69) is 4.90 Å². The molecule has 2 heterocycles. The molecule has 1 aromatic carbocycles. The fourth-order valence-electron chi connectivity index (χ4n) is 5.03. The Hall–Kier alpha value is -1.95. The van der Waals surface area contributed by atoms with Crippen molar-refractivity contribution in [2.75, 3.05) is 39.3 Å². The van der Waals surface area contributed by atoms with Gasteiger partial charge in [-0.05, 0) is 49.9 Å². The highest BCUT2D eigenvalue weighted by atomic mass is 32.2. The first-order chi connectivity index (χ1) is 14.5. The third-order valence-electron chi connectivity index (χ3n) is 6.89. The number of sulfonamides is 1. The topological polar surface area (TPSA) is 84.7 Å². The lowest BCUT2D eigenvalue weighted by Gasteiger charge is -2.40. The summed E-state index contributed by atoms with van der Waals surface area (Å²) in [7, 11) is -3.59. The van der Waals surface area contributed by atoms with Crippen LogP contribution in [-0.4, -0.2) is 73.7 Å². The van der Waals surface area contributed by atoms with Crippen LogP contribution in [-0.2, 0) is 14.8 Å². The molecule has 3 fully saturated rings. The van der Waals surface area contributed by atoms with Crippen LogP contribution in [0.2, 0.25) is 0 Å². The fraction of sp³-hybridized carbons (Fsp3) is 0.636. The van der Waals surface area contributed by atoms with E-state index in [-0.39, 0.29) is 16.7 Å². The van der Waals surface area contributed by atoms with Gasteiger partial charge in [-0.1, -0.05) is 12.8 Å². The molecule has 0 N–H and O–H groups in total. The number of piperazine rings is 1. The van der Waals surface area contributed by atoms with Crippen molar-refractivity contribution in [3.05, 3.63) is 29.8 Å². The smallest absolute Gasteiger partial charge is 0.243 e. The first-order valence-corrected chi connectivity index (χ1v) is 12.5. The van der Waals surface area contributed by atoms with Crippen molar-refractivity contribution in [2.45, 2.75) is 49.5 Å². The van der Waals surface area contributed by atoms with Crippen LogP contribution in [0.1, 0.15) is 44.1 Å². The molecule has 0 aromatic heterocycles. The van der Waals surface area contributed by atoms with Gasteiger partial charge in [0.2, 0.25) is 15.9 Å². The highest BCUT2D eigenvalue weighted by Gasteiger charge is 2.35. The van der Waals surface area contributed by atoms with E-state index in [9.17, 15) is 13.2 Å². The summed E-state index contributed by atoms with van der Waals surface area (Å²) in [4.78, 5) is 17.7. The van der Waals surface area contributed by atoms with Gasteiger partial charge in [-0.2, -0.15) is 9.57 Å². The van der Waals surface area contributed by atoms with Gasteiger partial charge in [-0.25, -0.2) is 8.42 Å². The molecular weight excluding hydrogens is 400 g/mol. The summed E-state index contributed by atoms with van der Waals surface area (Å²) in [5, 5.41) is 8.89. The van der Waals surface area contributed by atoms with E-state index in [1.54, 1.807) is 0 Å². The number of benzene rings is 1. The number of nitrogens with zero attached hydrogens (tertiary/aromatic N) is 4. The van der Waals surface area contributed by atoms with Crippen molar-refractivity contribution in [1.82, 2.24) is 14.1 Å². The zero-order chi connectivity index (χ0) is 21.1. The number of amides is 1. The molecule has 1 aliphatic carbocycles. The van der Waals surface area contributed by atoms with E-state index in [1.165, 1.54) is 54.3 Å². The van der Waals surface area contributed by atoms with Crippen molar-refractivity contribution in [2.24, 2.45) is 5.92 Å². The SMILES string of the molecule is N#Cc1ccc(S(=O)(=O)N2CCC(C(=O)N3CCN(C4CCCC4)CC3)CC2)cc1. The second-order valence-corrected chi connectivity index (χ2v) is 10.6. The van der Waals surface area contributed by atoms with Crippen LogP contribution in [0.25, 0.3) is 0 Å². The van der Waals surface area contributed by atoms with Crippen molar-refractivity contribution in [1.29, 1.82) is 5.26 Å². The number of nitriles is 1. The van der Waals surface area contributed by atoms with Gasteiger partial charge in [0.05, 0.1) is 16.5 Å². The molecular formula is C22H30N4O3S. The molecule has 0 spiro atoms. The predicted molar refractivity (Wildman–Crippen MR) is 113 cm³/mol. The number of piperidine rings is 1. The molecule has 0 radical (unpaired) electrons. The number of rotatable bonds is 4. The lowest BCUT2D eigenvalue weighted by atomic mass is 9.96. The molecule has 0 unspecified atom stereocenters. The molecule has 1 aromatic rings. The maximum absolute atomic E-state index is 13.0. The Kier molecular flexibility index (Phi) is 6.42. The van der Waals surface area contributed by atoms with Gasteiger partial charge in [-0.15, -0.1) is 0 Å². The fourth-order valence-corrected chi connectivity index (χ4v) is 6.50. The van der Waals surface area contributed by atoms with Gasteiger partial charge in [0.15, 0.2) is 0 Å². The second kappa shape index (κ2) is 9.04. The van der Waals surface area contributed by atoms with E-state index >= 15 is 0 Å². The molecule has 1 amide bonds. The Morgan fingerprint density at radius 2 is 1.50 bits per heavy atom. The molecule has 7 nitrogen and oxygen atoms in total. The lowest BCUT2D eigenvalue weighted by molar-refractivity contribution is -0.138. The Bertz CT molecular complexity index is 887. The Morgan fingerprint density at radius 1 is 0.900 bits per heavy atom. The highest BCUT2D eigenvalue weighted by molar-refractivity contribution is 7.89.